The molecule has 0 spiro atoms. The van der Waals surface area contributed by atoms with E-state index in [0.717, 1.165) is 9.13 Å². The third-order valence-corrected chi connectivity index (χ3v) is 3.74. The number of benzene rings is 1. The van der Waals surface area contributed by atoms with Crippen LogP contribution < -0.4 is 11.0 Å². The van der Waals surface area contributed by atoms with Crippen molar-refractivity contribution in [2.75, 3.05) is 11.9 Å². The summed E-state index contributed by atoms with van der Waals surface area (Å²) in [4.78, 5) is 36.8. The Labute approximate surface area is 160 Å². The van der Waals surface area contributed by atoms with Crippen molar-refractivity contribution < 1.29 is 27.8 Å². The zero-order valence-electron chi connectivity index (χ0n) is 16.3. The van der Waals surface area contributed by atoms with E-state index >= 15 is 0 Å². The van der Waals surface area contributed by atoms with Crippen molar-refractivity contribution in [1.29, 1.82) is 0 Å². The monoisotopic (exact) mass is 399 g/mol. The molecule has 1 amide bonds. The number of fused-ring (bicyclic) bond motifs is 1. The molecular weight excluding hydrogens is 376 g/mol. The summed E-state index contributed by atoms with van der Waals surface area (Å²) in [5.74, 6) is -0.768. The molecule has 0 saturated heterocycles. The second-order valence-corrected chi connectivity index (χ2v) is 7.08. The molecule has 1 heterocycles. The second kappa shape index (κ2) is 7.99. The molecule has 0 radical (unpaired) electrons. The van der Waals surface area contributed by atoms with Crippen LogP contribution in [0.15, 0.2) is 16.9 Å². The van der Waals surface area contributed by atoms with Crippen LogP contribution in [0.2, 0.25) is 0 Å². The normalized spacial score (nSPS) is 11.7. The Morgan fingerprint density at radius 2 is 1.86 bits per heavy atom. The largest absolute Gasteiger partial charge is 0.462 e. The van der Waals surface area contributed by atoms with Crippen LogP contribution in [0.5, 0.6) is 0 Å². The number of amides is 1. The van der Waals surface area contributed by atoms with Crippen molar-refractivity contribution in [3.8, 4) is 0 Å². The fourth-order valence-corrected chi connectivity index (χ4v) is 2.66. The van der Waals surface area contributed by atoms with Gasteiger partial charge in [-0.2, -0.15) is 0 Å². The summed E-state index contributed by atoms with van der Waals surface area (Å²) < 4.78 is 38.0. The van der Waals surface area contributed by atoms with Crippen LogP contribution in [0.1, 0.15) is 38.1 Å². The lowest BCUT2D eigenvalue weighted by Gasteiger charge is -2.20. The molecule has 0 atom stereocenters. The molecule has 0 aliphatic carbocycles. The van der Waals surface area contributed by atoms with Gasteiger partial charge in [0.05, 0.1) is 35.4 Å². The van der Waals surface area contributed by atoms with Crippen LogP contribution >= 0.6 is 0 Å². The number of alkyl halides is 2. The predicted molar refractivity (Wildman–Crippen MR) is 99.0 cm³/mol. The van der Waals surface area contributed by atoms with Gasteiger partial charge in [-0.05, 0) is 39.8 Å². The van der Waals surface area contributed by atoms with Crippen molar-refractivity contribution in [2.24, 2.45) is 7.05 Å². The van der Waals surface area contributed by atoms with Gasteiger partial charge in [0, 0.05) is 7.05 Å². The number of imidazole rings is 1. The van der Waals surface area contributed by atoms with Crippen LogP contribution in [-0.4, -0.2) is 39.8 Å². The van der Waals surface area contributed by atoms with Crippen molar-refractivity contribution in [3.05, 3.63) is 28.2 Å². The summed E-state index contributed by atoms with van der Waals surface area (Å²) in [6.07, 6.45) is -3.57. The maximum Gasteiger partial charge on any atom is 0.412 e. The average Bonchev–Trinajstić information content (AvgIpc) is 2.77. The molecule has 154 valence electrons. The summed E-state index contributed by atoms with van der Waals surface area (Å²) in [6, 6.07) is 2.61. The number of esters is 1. The Bertz CT molecular complexity index is 957. The quantitative estimate of drug-likeness (QED) is 0.780. The number of carbonyl (C=O) groups excluding carboxylic acids is 2. The Kier molecular flexibility index (Phi) is 6.10. The summed E-state index contributed by atoms with van der Waals surface area (Å²) in [5, 5.41) is 2.46. The van der Waals surface area contributed by atoms with Gasteiger partial charge < -0.3 is 9.47 Å². The molecule has 10 heteroatoms. The number of aryl methyl sites for hydroxylation is 1. The average molecular weight is 399 g/mol. The molecule has 0 fully saturated rings. The Morgan fingerprint density at radius 3 is 2.39 bits per heavy atom. The third-order valence-electron chi connectivity index (χ3n) is 3.74. The Morgan fingerprint density at radius 1 is 1.21 bits per heavy atom. The summed E-state index contributed by atoms with van der Waals surface area (Å²) >= 11 is 0. The molecule has 2 rings (SSSR count). The standard InChI is InChI=1S/C18H23F2N3O5/c1-6-27-15(24)10-7-13-12(22(5)17(26)23(13)9-14(19)20)8-11(10)21-16(25)28-18(2,3)4/h7-8,14H,6,9H2,1-5H3,(H,21,25). The number of halogens is 2. The first-order valence-electron chi connectivity index (χ1n) is 8.63. The Hall–Kier alpha value is -2.91. The topological polar surface area (TPSA) is 91.6 Å². The fraction of sp³-hybridized carbons (Fsp3) is 0.500. The highest BCUT2D eigenvalue weighted by Gasteiger charge is 2.23. The van der Waals surface area contributed by atoms with E-state index in [1.54, 1.807) is 27.7 Å². The van der Waals surface area contributed by atoms with Gasteiger partial charge in [-0.1, -0.05) is 0 Å². The fourth-order valence-electron chi connectivity index (χ4n) is 2.66. The molecule has 1 N–H and O–H groups in total. The second-order valence-electron chi connectivity index (χ2n) is 7.08. The first-order chi connectivity index (χ1) is 12.9. The molecule has 0 aliphatic heterocycles. The third kappa shape index (κ3) is 4.68. The number of nitrogens with zero attached hydrogens (tertiary/aromatic N) is 2. The van der Waals surface area contributed by atoms with Gasteiger partial charge in [0.1, 0.15) is 5.60 Å². The zero-order chi connectivity index (χ0) is 21.2. The van der Waals surface area contributed by atoms with E-state index in [-0.39, 0.29) is 28.9 Å². The highest BCUT2D eigenvalue weighted by Crippen LogP contribution is 2.26. The number of carbonyl (C=O) groups is 2. The highest BCUT2D eigenvalue weighted by atomic mass is 19.3. The lowest BCUT2D eigenvalue weighted by molar-refractivity contribution is 0.0527. The van der Waals surface area contributed by atoms with E-state index < -0.39 is 36.3 Å². The maximum atomic E-state index is 12.9. The maximum absolute atomic E-state index is 12.9. The van der Waals surface area contributed by atoms with Gasteiger partial charge in [0.15, 0.2) is 0 Å². The molecular formula is C18H23F2N3O5. The van der Waals surface area contributed by atoms with E-state index in [2.05, 4.69) is 5.32 Å². The SMILES string of the molecule is CCOC(=O)c1cc2c(cc1NC(=O)OC(C)(C)C)n(C)c(=O)n2CC(F)F. The van der Waals surface area contributed by atoms with Gasteiger partial charge in [-0.25, -0.2) is 23.2 Å². The van der Waals surface area contributed by atoms with E-state index in [0.29, 0.717) is 0 Å². The lowest BCUT2D eigenvalue weighted by atomic mass is 10.1. The number of ether oxygens (including phenoxy) is 2. The number of anilines is 1. The first kappa shape index (κ1) is 21.4. The summed E-state index contributed by atoms with van der Waals surface area (Å²) in [7, 11) is 1.41. The number of aromatic nitrogens is 2. The number of hydrogen-bond donors (Lipinski definition) is 1. The minimum absolute atomic E-state index is 0.0463. The van der Waals surface area contributed by atoms with Crippen LogP contribution in [0, 0.1) is 0 Å². The minimum Gasteiger partial charge on any atom is -0.462 e. The zero-order valence-corrected chi connectivity index (χ0v) is 16.3. The van der Waals surface area contributed by atoms with Crippen LogP contribution in [-0.2, 0) is 23.1 Å². The van der Waals surface area contributed by atoms with Crippen molar-refractivity contribution in [2.45, 2.75) is 46.3 Å². The minimum atomic E-state index is -2.76. The highest BCUT2D eigenvalue weighted by molar-refractivity contribution is 6.03. The molecule has 8 nitrogen and oxygen atoms in total. The first-order valence-corrected chi connectivity index (χ1v) is 8.63. The molecule has 2 aromatic rings. The van der Waals surface area contributed by atoms with E-state index in [4.69, 9.17) is 9.47 Å². The van der Waals surface area contributed by atoms with E-state index in [1.165, 1.54) is 19.2 Å². The molecule has 0 bridgehead atoms. The molecule has 28 heavy (non-hydrogen) atoms. The van der Waals surface area contributed by atoms with Crippen molar-refractivity contribution in [3.63, 3.8) is 0 Å². The lowest BCUT2D eigenvalue weighted by Crippen LogP contribution is -2.28. The molecule has 1 aromatic heterocycles. The van der Waals surface area contributed by atoms with Crippen LogP contribution in [0.25, 0.3) is 11.0 Å². The summed E-state index contributed by atoms with van der Waals surface area (Å²) in [6.45, 7) is 5.88. The van der Waals surface area contributed by atoms with E-state index in [9.17, 15) is 23.2 Å². The Balaban J connectivity index is 2.63. The van der Waals surface area contributed by atoms with Gasteiger partial charge >= 0.3 is 17.8 Å². The molecule has 0 aliphatic rings. The van der Waals surface area contributed by atoms with Gasteiger partial charge in [-0.15, -0.1) is 0 Å². The molecule has 0 unspecified atom stereocenters. The van der Waals surface area contributed by atoms with Crippen LogP contribution in [0.3, 0.4) is 0 Å². The number of nitrogens with one attached hydrogen (secondary N) is 1. The van der Waals surface area contributed by atoms with Gasteiger partial charge in [0.25, 0.3) is 6.43 Å². The van der Waals surface area contributed by atoms with Crippen LogP contribution in [0.4, 0.5) is 19.3 Å². The summed E-state index contributed by atoms with van der Waals surface area (Å²) in [5.41, 5.74) is -1.07. The van der Waals surface area contributed by atoms with E-state index in [1.807, 2.05) is 0 Å². The molecule has 1 aromatic carbocycles. The molecule has 0 saturated carbocycles. The predicted octanol–water partition coefficient (Wildman–Crippen LogP) is 3.13. The number of hydrogen-bond acceptors (Lipinski definition) is 5. The van der Waals surface area contributed by atoms with Gasteiger partial charge in [0.2, 0.25) is 0 Å². The smallest absolute Gasteiger partial charge is 0.412 e. The van der Waals surface area contributed by atoms with Crippen molar-refractivity contribution in [1.82, 2.24) is 9.13 Å². The number of rotatable bonds is 5. The van der Waals surface area contributed by atoms with Gasteiger partial charge in [-0.3, -0.25) is 14.5 Å². The van der Waals surface area contributed by atoms with Crippen molar-refractivity contribution >= 4 is 28.8 Å².